The average molecular weight is 371 g/mol. The summed E-state index contributed by atoms with van der Waals surface area (Å²) in [6, 6.07) is 5.93. The van der Waals surface area contributed by atoms with Gasteiger partial charge in [0.25, 0.3) is 0 Å². The van der Waals surface area contributed by atoms with Gasteiger partial charge in [0.2, 0.25) is 11.8 Å². The monoisotopic (exact) mass is 371 g/mol. The summed E-state index contributed by atoms with van der Waals surface area (Å²) in [7, 11) is 0. The second-order valence-electron chi connectivity index (χ2n) is 7.52. The molecule has 1 aliphatic carbocycles. The van der Waals surface area contributed by atoms with Gasteiger partial charge in [0, 0.05) is 44.6 Å². The van der Waals surface area contributed by atoms with Crippen LogP contribution >= 0.6 is 0 Å². The molecule has 2 amide bonds. The van der Waals surface area contributed by atoms with E-state index in [1.165, 1.54) is 11.1 Å². The van der Waals surface area contributed by atoms with E-state index in [0.717, 1.165) is 32.1 Å². The van der Waals surface area contributed by atoms with Gasteiger partial charge in [-0.25, -0.2) is 0 Å². The van der Waals surface area contributed by atoms with E-state index in [-0.39, 0.29) is 36.4 Å². The average Bonchev–Trinajstić information content (AvgIpc) is 3.17. The van der Waals surface area contributed by atoms with Crippen molar-refractivity contribution in [2.24, 2.45) is 11.7 Å². The highest BCUT2D eigenvalue weighted by atomic mass is 16.2. The zero-order valence-electron chi connectivity index (χ0n) is 15.8. The molecule has 1 aromatic carbocycles. The number of nitrogens with zero attached hydrogens (tertiary/aromatic N) is 1. The Bertz CT molecular complexity index is 717. The standard InChI is InChI=1S/C21H29N3O3/c22-10-11-23-21(27)18-5-2-12-24(14-18)20(26)9-8-19(25)17-7-6-15-3-1-4-16(15)13-17/h6-7,13,18H,1-5,8-12,14,22H2,(H,23,27). The molecular weight excluding hydrogens is 342 g/mol. The maximum Gasteiger partial charge on any atom is 0.224 e. The van der Waals surface area contributed by atoms with E-state index in [1.807, 2.05) is 18.2 Å². The van der Waals surface area contributed by atoms with Crippen LogP contribution in [0.1, 0.15) is 53.6 Å². The lowest BCUT2D eigenvalue weighted by Crippen LogP contribution is -2.46. The third-order valence-electron chi connectivity index (χ3n) is 5.57. The van der Waals surface area contributed by atoms with Crippen molar-refractivity contribution in [2.75, 3.05) is 26.2 Å². The number of ketones is 1. The van der Waals surface area contributed by atoms with Gasteiger partial charge in [0.1, 0.15) is 0 Å². The van der Waals surface area contributed by atoms with Crippen LogP contribution in [0, 0.1) is 5.92 Å². The van der Waals surface area contributed by atoms with Crippen molar-refractivity contribution in [1.29, 1.82) is 0 Å². The van der Waals surface area contributed by atoms with Gasteiger partial charge >= 0.3 is 0 Å². The van der Waals surface area contributed by atoms with Gasteiger partial charge in [-0.1, -0.05) is 12.1 Å². The van der Waals surface area contributed by atoms with Gasteiger partial charge in [0.15, 0.2) is 5.78 Å². The van der Waals surface area contributed by atoms with Gasteiger partial charge in [0.05, 0.1) is 5.92 Å². The second kappa shape index (κ2) is 9.13. The number of benzene rings is 1. The zero-order valence-corrected chi connectivity index (χ0v) is 15.8. The fraction of sp³-hybridized carbons (Fsp3) is 0.571. The first kappa shape index (κ1) is 19.5. The quantitative estimate of drug-likeness (QED) is 0.710. The molecule has 0 aromatic heterocycles. The minimum absolute atomic E-state index is 0.0206. The molecule has 3 rings (SSSR count). The molecule has 1 unspecified atom stereocenters. The lowest BCUT2D eigenvalue weighted by molar-refractivity contribution is -0.135. The molecule has 27 heavy (non-hydrogen) atoms. The highest BCUT2D eigenvalue weighted by Gasteiger charge is 2.28. The highest BCUT2D eigenvalue weighted by Crippen LogP contribution is 2.24. The molecule has 2 aliphatic rings. The predicted molar refractivity (Wildman–Crippen MR) is 103 cm³/mol. The van der Waals surface area contributed by atoms with E-state index in [4.69, 9.17) is 5.73 Å². The first-order chi connectivity index (χ1) is 13.1. The Hall–Kier alpha value is -2.21. The summed E-state index contributed by atoms with van der Waals surface area (Å²) in [6.07, 6.45) is 5.30. The van der Waals surface area contributed by atoms with Crippen molar-refractivity contribution >= 4 is 17.6 Å². The lowest BCUT2D eigenvalue weighted by atomic mass is 9.96. The molecule has 0 bridgehead atoms. The van der Waals surface area contributed by atoms with Crippen LogP contribution in [0.2, 0.25) is 0 Å². The van der Waals surface area contributed by atoms with Crippen LogP contribution in [-0.4, -0.2) is 48.7 Å². The maximum absolute atomic E-state index is 12.5. The van der Waals surface area contributed by atoms with E-state index in [9.17, 15) is 14.4 Å². The van der Waals surface area contributed by atoms with Crippen LogP contribution < -0.4 is 11.1 Å². The molecule has 0 saturated carbocycles. The number of nitrogens with two attached hydrogens (primary N) is 1. The fourth-order valence-corrected chi connectivity index (χ4v) is 4.03. The van der Waals surface area contributed by atoms with Crippen molar-refractivity contribution in [3.8, 4) is 0 Å². The van der Waals surface area contributed by atoms with E-state index in [2.05, 4.69) is 5.32 Å². The smallest absolute Gasteiger partial charge is 0.224 e. The number of amides is 2. The first-order valence-corrected chi connectivity index (χ1v) is 9.99. The first-order valence-electron chi connectivity index (χ1n) is 9.99. The van der Waals surface area contributed by atoms with Crippen molar-refractivity contribution in [1.82, 2.24) is 10.2 Å². The molecule has 1 aromatic rings. The van der Waals surface area contributed by atoms with Crippen molar-refractivity contribution in [3.05, 3.63) is 34.9 Å². The summed E-state index contributed by atoms with van der Waals surface area (Å²) in [5.74, 6) is -0.234. The molecule has 0 spiro atoms. The molecule has 1 aliphatic heterocycles. The number of piperidine rings is 1. The number of likely N-dealkylation sites (tertiary alicyclic amines) is 1. The number of rotatable bonds is 7. The number of nitrogens with one attached hydrogen (secondary N) is 1. The third-order valence-corrected chi connectivity index (χ3v) is 5.57. The normalized spacial score (nSPS) is 18.9. The summed E-state index contributed by atoms with van der Waals surface area (Å²) < 4.78 is 0. The maximum atomic E-state index is 12.5. The Balaban J connectivity index is 1.49. The molecule has 6 nitrogen and oxygen atoms in total. The third kappa shape index (κ3) is 4.95. The summed E-state index contributed by atoms with van der Waals surface area (Å²) in [5, 5.41) is 2.80. The van der Waals surface area contributed by atoms with Crippen LogP contribution in [0.3, 0.4) is 0 Å². The molecule has 146 valence electrons. The molecule has 1 fully saturated rings. The van der Waals surface area contributed by atoms with Gasteiger partial charge in [-0.3, -0.25) is 14.4 Å². The molecule has 6 heteroatoms. The Morgan fingerprint density at radius 3 is 2.74 bits per heavy atom. The molecule has 1 heterocycles. The molecule has 3 N–H and O–H groups in total. The second-order valence-corrected chi connectivity index (χ2v) is 7.52. The van der Waals surface area contributed by atoms with Crippen LogP contribution in [0.25, 0.3) is 0 Å². The molecular formula is C21H29N3O3. The van der Waals surface area contributed by atoms with Crippen LogP contribution in [-0.2, 0) is 22.4 Å². The van der Waals surface area contributed by atoms with E-state index in [0.29, 0.717) is 31.7 Å². The number of aryl methyl sites for hydroxylation is 2. The summed E-state index contributed by atoms with van der Waals surface area (Å²) in [4.78, 5) is 38.8. The number of hydrogen-bond acceptors (Lipinski definition) is 4. The largest absolute Gasteiger partial charge is 0.355 e. The van der Waals surface area contributed by atoms with Crippen molar-refractivity contribution in [3.63, 3.8) is 0 Å². The van der Waals surface area contributed by atoms with Crippen LogP contribution in [0.15, 0.2) is 18.2 Å². The summed E-state index contributed by atoms with van der Waals surface area (Å²) in [5.41, 5.74) is 8.74. The number of carbonyl (C=O) groups excluding carboxylic acids is 3. The SMILES string of the molecule is NCCNC(=O)C1CCCN(C(=O)CCC(=O)c2ccc3c(c2)CCC3)C1. The number of fused-ring (bicyclic) bond motifs is 1. The Morgan fingerprint density at radius 2 is 1.93 bits per heavy atom. The van der Waals surface area contributed by atoms with E-state index < -0.39 is 0 Å². The fourth-order valence-electron chi connectivity index (χ4n) is 4.03. The predicted octanol–water partition coefficient (Wildman–Crippen LogP) is 1.45. The Kier molecular flexibility index (Phi) is 6.61. The van der Waals surface area contributed by atoms with Crippen LogP contribution in [0.5, 0.6) is 0 Å². The van der Waals surface area contributed by atoms with E-state index >= 15 is 0 Å². The van der Waals surface area contributed by atoms with Gasteiger partial charge in [-0.15, -0.1) is 0 Å². The molecule has 1 saturated heterocycles. The summed E-state index contributed by atoms with van der Waals surface area (Å²) >= 11 is 0. The highest BCUT2D eigenvalue weighted by molar-refractivity contribution is 5.98. The minimum atomic E-state index is -0.179. The molecule has 0 radical (unpaired) electrons. The van der Waals surface area contributed by atoms with Crippen LogP contribution in [0.4, 0.5) is 0 Å². The minimum Gasteiger partial charge on any atom is -0.355 e. The number of hydrogen-bond donors (Lipinski definition) is 2. The number of Topliss-reactive ketones (excluding diaryl/α,β-unsaturated/α-hetero) is 1. The van der Waals surface area contributed by atoms with Gasteiger partial charge in [-0.2, -0.15) is 0 Å². The lowest BCUT2D eigenvalue weighted by Gasteiger charge is -2.32. The summed E-state index contributed by atoms with van der Waals surface area (Å²) in [6.45, 7) is 1.96. The van der Waals surface area contributed by atoms with Crippen molar-refractivity contribution < 1.29 is 14.4 Å². The molecule has 1 atom stereocenters. The number of carbonyl (C=O) groups is 3. The van der Waals surface area contributed by atoms with E-state index in [1.54, 1.807) is 4.90 Å². The Morgan fingerprint density at radius 1 is 1.11 bits per heavy atom. The van der Waals surface area contributed by atoms with Gasteiger partial charge < -0.3 is 16.0 Å². The Labute approximate surface area is 160 Å². The topological polar surface area (TPSA) is 92.5 Å². The van der Waals surface area contributed by atoms with Gasteiger partial charge in [-0.05, 0) is 49.3 Å². The zero-order chi connectivity index (χ0) is 19.2. The van der Waals surface area contributed by atoms with Crippen molar-refractivity contribution in [2.45, 2.75) is 44.9 Å².